The standard InChI is InChI=1S/C23H22N2OS/c1-14-5-7-17(8-6-14)21-22(15(2)26)24-19-13-20(27-23(19)21)16-9-11-18(12-10-16)25(3)4/h5-13,24H,1-4H3. The van der Waals surface area contributed by atoms with E-state index in [4.69, 9.17) is 0 Å². The van der Waals surface area contributed by atoms with Crippen LogP contribution >= 0.6 is 11.3 Å². The van der Waals surface area contributed by atoms with Crippen LogP contribution < -0.4 is 4.90 Å². The fourth-order valence-corrected chi connectivity index (χ4v) is 4.50. The average Bonchev–Trinajstić information content (AvgIpc) is 3.20. The van der Waals surface area contributed by atoms with Crippen molar-refractivity contribution in [3.8, 4) is 21.6 Å². The second-order valence-corrected chi connectivity index (χ2v) is 8.14. The zero-order chi connectivity index (χ0) is 19.1. The van der Waals surface area contributed by atoms with Gasteiger partial charge in [-0.3, -0.25) is 4.79 Å². The molecule has 2 heterocycles. The first kappa shape index (κ1) is 17.6. The Hall–Kier alpha value is -2.85. The van der Waals surface area contributed by atoms with Crippen molar-refractivity contribution < 1.29 is 4.79 Å². The highest BCUT2D eigenvalue weighted by molar-refractivity contribution is 7.22. The number of thiophene rings is 1. The van der Waals surface area contributed by atoms with E-state index in [1.807, 2.05) is 14.1 Å². The van der Waals surface area contributed by atoms with Gasteiger partial charge in [0.1, 0.15) is 0 Å². The number of aromatic amines is 1. The van der Waals surface area contributed by atoms with Crippen molar-refractivity contribution in [1.29, 1.82) is 0 Å². The van der Waals surface area contributed by atoms with Gasteiger partial charge in [0.2, 0.25) is 0 Å². The number of carbonyl (C=O) groups is 1. The lowest BCUT2D eigenvalue weighted by Gasteiger charge is -2.12. The SMILES string of the molecule is CC(=O)c1[nH]c2cc(-c3ccc(N(C)C)cc3)sc2c1-c1ccc(C)cc1. The van der Waals surface area contributed by atoms with Gasteiger partial charge in [-0.15, -0.1) is 11.3 Å². The third-order valence-electron chi connectivity index (χ3n) is 4.83. The van der Waals surface area contributed by atoms with Gasteiger partial charge in [-0.25, -0.2) is 0 Å². The molecular formula is C23H22N2OS. The second-order valence-electron chi connectivity index (χ2n) is 7.09. The van der Waals surface area contributed by atoms with E-state index in [2.05, 4.69) is 71.4 Å². The van der Waals surface area contributed by atoms with Crippen molar-refractivity contribution in [1.82, 2.24) is 4.98 Å². The Morgan fingerprint density at radius 3 is 2.19 bits per heavy atom. The van der Waals surface area contributed by atoms with Crippen molar-refractivity contribution in [3.63, 3.8) is 0 Å². The molecule has 136 valence electrons. The van der Waals surface area contributed by atoms with Crippen molar-refractivity contribution in [2.24, 2.45) is 0 Å². The minimum Gasteiger partial charge on any atom is -0.378 e. The Kier molecular flexibility index (Phi) is 4.36. The van der Waals surface area contributed by atoms with Crippen LogP contribution in [-0.2, 0) is 0 Å². The number of nitrogens with one attached hydrogen (secondary N) is 1. The number of nitrogens with zero attached hydrogens (tertiary/aromatic N) is 1. The highest BCUT2D eigenvalue weighted by Crippen LogP contribution is 2.41. The predicted molar refractivity (Wildman–Crippen MR) is 116 cm³/mol. The van der Waals surface area contributed by atoms with Gasteiger partial charge < -0.3 is 9.88 Å². The molecule has 27 heavy (non-hydrogen) atoms. The monoisotopic (exact) mass is 374 g/mol. The van der Waals surface area contributed by atoms with Crippen LogP contribution in [0.5, 0.6) is 0 Å². The molecule has 0 bridgehead atoms. The first-order chi connectivity index (χ1) is 12.9. The molecule has 0 aliphatic carbocycles. The molecule has 0 fully saturated rings. The molecule has 0 amide bonds. The van der Waals surface area contributed by atoms with E-state index in [1.165, 1.54) is 21.7 Å². The number of aryl methyl sites for hydroxylation is 1. The van der Waals surface area contributed by atoms with Crippen molar-refractivity contribution >= 4 is 33.0 Å². The van der Waals surface area contributed by atoms with Gasteiger partial charge >= 0.3 is 0 Å². The number of hydrogen-bond acceptors (Lipinski definition) is 3. The molecule has 0 unspecified atom stereocenters. The Morgan fingerprint density at radius 1 is 0.963 bits per heavy atom. The summed E-state index contributed by atoms with van der Waals surface area (Å²) in [5.74, 6) is 0.0610. The molecule has 0 saturated carbocycles. The van der Waals surface area contributed by atoms with Gasteiger partial charge in [-0.2, -0.15) is 0 Å². The maximum atomic E-state index is 12.2. The largest absolute Gasteiger partial charge is 0.378 e. The zero-order valence-corrected chi connectivity index (χ0v) is 16.8. The first-order valence-corrected chi connectivity index (χ1v) is 9.77. The molecule has 0 saturated heterocycles. The summed E-state index contributed by atoms with van der Waals surface area (Å²) in [6.07, 6.45) is 0. The number of aromatic nitrogens is 1. The van der Waals surface area contributed by atoms with E-state index < -0.39 is 0 Å². The fourth-order valence-electron chi connectivity index (χ4n) is 3.31. The number of rotatable bonds is 4. The lowest BCUT2D eigenvalue weighted by atomic mass is 10.0. The second kappa shape index (κ2) is 6.71. The summed E-state index contributed by atoms with van der Waals surface area (Å²) in [5.41, 5.74) is 7.38. The topological polar surface area (TPSA) is 36.1 Å². The number of Topliss-reactive ketones (excluding diaryl/α,β-unsaturated/α-hetero) is 1. The maximum absolute atomic E-state index is 12.2. The Balaban J connectivity index is 1.85. The average molecular weight is 375 g/mol. The van der Waals surface area contributed by atoms with Crippen LogP contribution in [0.1, 0.15) is 23.0 Å². The molecule has 4 aromatic rings. The van der Waals surface area contributed by atoms with Crippen molar-refractivity contribution in [3.05, 3.63) is 65.9 Å². The molecule has 4 heteroatoms. The van der Waals surface area contributed by atoms with Gasteiger partial charge in [-0.1, -0.05) is 42.0 Å². The lowest BCUT2D eigenvalue weighted by Crippen LogP contribution is -2.07. The first-order valence-electron chi connectivity index (χ1n) is 8.95. The molecule has 0 aliphatic rings. The molecule has 1 N–H and O–H groups in total. The molecule has 0 aliphatic heterocycles. The Bertz CT molecular complexity index is 1120. The Labute approximate surface area is 163 Å². The summed E-state index contributed by atoms with van der Waals surface area (Å²) < 4.78 is 1.13. The number of carbonyl (C=O) groups excluding carboxylic acids is 1. The zero-order valence-electron chi connectivity index (χ0n) is 16.0. The van der Waals surface area contributed by atoms with Crippen molar-refractivity contribution in [2.75, 3.05) is 19.0 Å². The molecule has 4 rings (SSSR count). The fraction of sp³-hybridized carbons (Fsp3) is 0.174. The van der Waals surface area contributed by atoms with Crippen molar-refractivity contribution in [2.45, 2.75) is 13.8 Å². The van der Waals surface area contributed by atoms with E-state index >= 15 is 0 Å². The van der Waals surface area contributed by atoms with Gasteiger partial charge in [0.05, 0.1) is 15.9 Å². The summed E-state index contributed by atoms with van der Waals surface area (Å²) in [6.45, 7) is 3.69. The third-order valence-corrected chi connectivity index (χ3v) is 6.03. The third kappa shape index (κ3) is 3.17. The quantitative estimate of drug-likeness (QED) is 0.436. The number of benzene rings is 2. The molecule has 3 nitrogen and oxygen atoms in total. The van der Waals surface area contributed by atoms with Crippen LogP contribution in [0, 0.1) is 6.92 Å². The number of fused-ring (bicyclic) bond motifs is 1. The van der Waals surface area contributed by atoms with E-state index in [0.29, 0.717) is 5.69 Å². The lowest BCUT2D eigenvalue weighted by molar-refractivity contribution is 0.101. The Morgan fingerprint density at radius 2 is 1.59 bits per heavy atom. The molecule has 2 aromatic heterocycles. The summed E-state index contributed by atoms with van der Waals surface area (Å²) in [4.78, 5) is 18.8. The summed E-state index contributed by atoms with van der Waals surface area (Å²) >= 11 is 1.73. The number of anilines is 1. The van der Waals surface area contributed by atoms with E-state index in [0.717, 1.165) is 21.3 Å². The van der Waals surface area contributed by atoms with E-state index in [9.17, 15) is 4.79 Å². The smallest absolute Gasteiger partial charge is 0.176 e. The molecule has 0 spiro atoms. The minimum atomic E-state index is 0.0610. The number of ketones is 1. The summed E-state index contributed by atoms with van der Waals surface area (Å²) in [7, 11) is 4.08. The van der Waals surface area contributed by atoms with Crippen LogP contribution in [0.2, 0.25) is 0 Å². The van der Waals surface area contributed by atoms with Gasteiger partial charge in [0.15, 0.2) is 5.78 Å². The van der Waals surface area contributed by atoms with Gasteiger partial charge in [0, 0.05) is 37.1 Å². The highest BCUT2D eigenvalue weighted by Gasteiger charge is 2.19. The minimum absolute atomic E-state index is 0.0610. The molecule has 2 aromatic carbocycles. The van der Waals surface area contributed by atoms with E-state index in [-0.39, 0.29) is 5.78 Å². The van der Waals surface area contributed by atoms with Gasteiger partial charge in [-0.05, 0) is 36.2 Å². The summed E-state index contributed by atoms with van der Waals surface area (Å²) in [6, 6.07) is 19.1. The number of hydrogen-bond donors (Lipinski definition) is 1. The van der Waals surface area contributed by atoms with Crippen LogP contribution in [-0.4, -0.2) is 24.9 Å². The maximum Gasteiger partial charge on any atom is 0.176 e. The van der Waals surface area contributed by atoms with Crippen LogP contribution in [0.25, 0.3) is 31.8 Å². The number of H-pyrrole nitrogens is 1. The normalized spacial score (nSPS) is 11.1. The van der Waals surface area contributed by atoms with Crippen LogP contribution in [0.3, 0.4) is 0 Å². The molecule has 0 radical (unpaired) electrons. The van der Waals surface area contributed by atoms with Gasteiger partial charge in [0.25, 0.3) is 0 Å². The molecular weight excluding hydrogens is 352 g/mol. The molecule has 0 atom stereocenters. The predicted octanol–water partition coefficient (Wildman–Crippen LogP) is 6.14. The van der Waals surface area contributed by atoms with Crippen LogP contribution in [0.4, 0.5) is 5.69 Å². The highest BCUT2D eigenvalue weighted by atomic mass is 32.1. The van der Waals surface area contributed by atoms with Crippen LogP contribution in [0.15, 0.2) is 54.6 Å². The van der Waals surface area contributed by atoms with E-state index in [1.54, 1.807) is 18.3 Å². The summed E-state index contributed by atoms with van der Waals surface area (Å²) in [5, 5.41) is 0.